The number of benzene rings is 6. The summed E-state index contributed by atoms with van der Waals surface area (Å²) in [6, 6.07) is 36.6. The summed E-state index contributed by atoms with van der Waals surface area (Å²) in [6.45, 7) is 0.879. The lowest BCUT2D eigenvalue weighted by Gasteiger charge is -2.18. The molecule has 2 heterocycles. The van der Waals surface area contributed by atoms with Crippen LogP contribution in [-0.2, 0) is 90.4 Å². The number of hydrogen-bond donors (Lipinski definition) is 6. The molecule has 482 valence electrons. The van der Waals surface area contributed by atoms with Gasteiger partial charge in [-0.15, -0.1) is 0 Å². The average molecular weight is 1300 g/mol. The predicted molar refractivity (Wildman–Crippen MR) is 340 cm³/mol. The number of hydrogen-bond acceptors (Lipinski definition) is 14. The van der Waals surface area contributed by atoms with Gasteiger partial charge in [0.1, 0.15) is 25.3 Å². The van der Waals surface area contributed by atoms with E-state index in [2.05, 4.69) is 31.9 Å². The number of nitrogens with zero attached hydrogens (tertiary/aromatic N) is 2. The highest BCUT2D eigenvalue weighted by atomic mass is 35.5. The third kappa shape index (κ3) is 19.8. The van der Waals surface area contributed by atoms with Gasteiger partial charge >= 0.3 is 24.1 Å². The summed E-state index contributed by atoms with van der Waals surface area (Å²) >= 11 is 12.1. The van der Waals surface area contributed by atoms with Crippen LogP contribution in [0.1, 0.15) is 124 Å². The van der Waals surface area contributed by atoms with Crippen LogP contribution < -0.4 is 31.9 Å². The van der Waals surface area contributed by atoms with Gasteiger partial charge in [-0.1, -0.05) is 108 Å². The molecule has 0 unspecified atom stereocenters. The number of halogens is 2. The highest BCUT2D eigenvalue weighted by Gasteiger charge is 2.32. The first-order valence-electron chi connectivity index (χ1n) is 30.0. The first-order chi connectivity index (χ1) is 44.4. The Morgan fingerprint density at radius 3 is 1.05 bits per heavy atom. The molecule has 8 amide bonds. The van der Waals surface area contributed by atoms with Crippen molar-refractivity contribution in [1.29, 1.82) is 0 Å². The summed E-state index contributed by atoms with van der Waals surface area (Å²) in [4.78, 5) is 138. The average Bonchev–Trinajstić information content (AvgIpc) is 1.61. The molecule has 6 aromatic rings. The molecule has 2 aliphatic rings. The Hall–Kier alpha value is -9.80. The van der Waals surface area contributed by atoms with Crippen molar-refractivity contribution in [1.82, 2.24) is 41.7 Å². The van der Waals surface area contributed by atoms with Crippen molar-refractivity contribution in [3.63, 3.8) is 0 Å². The molecule has 8 rings (SSSR count). The third-order valence-corrected chi connectivity index (χ3v) is 16.0. The zero-order valence-electron chi connectivity index (χ0n) is 51.0. The summed E-state index contributed by atoms with van der Waals surface area (Å²) in [5.74, 6) is -4.34. The molecule has 0 aliphatic carbocycles. The van der Waals surface area contributed by atoms with E-state index >= 15 is 0 Å². The summed E-state index contributed by atoms with van der Waals surface area (Å²) in [6.07, 6.45) is -0.473. The highest BCUT2D eigenvalue weighted by Crippen LogP contribution is 2.30. The minimum absolute atomic E-state index is 0.0191. The normalized spacial score (nSPS) is 12.7. The zero-order chi connectivity index (χ0) is 65.5. The largest absolute Gasteiger partial charge is 0.467 e. The van der Waals surface area contributed by atoms with Crippen LogP contribution in [0, 0.1) is 0 Å². The van der Waals surface area contributed by atoms with Crippen LogP contribution in [0.4, 0.5) is 9.59 Å². The molecule has 2 atom stereocenters. The fourth-order valence-electron chi connectivity index (χ4n) is 10.5. The first-order valence-corrected chi connectivity index (χ1v) is 30.8. The molecule has 22 nitrogen and oxygen atoms in total. The molecule has 0 radical (unpaired) electrons. The van der Waals surface area contributed by atoms with Crippen molar-refractivity contribution in [2.24, 2.45) is 0 Å². The number of amides is 8. The lowest BCUT2D eigenvalue weighted by Crippen LogP contribution is -2.42. The lowest BCUT2D eigenvalue weighted by atomic mass is 9.98. The van der Waals surface area contributed by atoms with Crippen LogP contribution >= 0.6 is 23.2 Å². The van der Waals surface area contributed by atoms with Gasteiger partial charge in [-0.05, 0) is 132 Å². The van der Waals surface area contributed by atoms with Crippen molar-refractivity contribution in [3.8, 4) is 0 Å². The van der Waals surface area contributed by atoms with Gasteiger partial charge in [-0.2, -0.15) is 0 Å². The smallest absolute Gasteiger partial charge is 0.408 e. The second-order valence-corrected chi connectivity index (χ2v) is 22.8. The van der Waals surface area contributed by atoms with E-state index in [1.807, 2.05) is 36.4 Å². The van der Waals surface area contributed by atoms with Gasteiger partial charge in [0.15, 0.2) is 0 Å². The van der Waals surface area contributed by atoms with Gasteiger partial charge in [0.2, 0.25) is 11.8 Å². The number of carbonyl (C=O) groups excluding carboxylic acids is 10. The van der Waals surface area contributed by atoms with Gasteiger partial charge in [-0.25, -0.2) is 19.2 Å². The summed E-state index contributed by atoms with van der Waals surface area (Å²) < 4.78 is 20.4. The molecule has 6 N–H and O–H groups in total. The van der Waals surface area contributed by atoms with Crippen LogP contribution in [0.5, 0.6) is 0 Å². The highest BCUT2D eigenvalue weighted by molar-refractivity contribution is 6.30. The summed E-state index contributed by atoms with van der Waals surface area (Å²) in [7, 11) is 2.38. The van der Waals surface area contributed by atoms with Crippen LogP contribution in [0.25, 0.3) is 0 Å². The number of esters is 2. The molecular weight excluding hydrogens is 1220 g/mol. The second kappa shape index (κ2) is 33.9. The Bertz CT molecular complexity index is 3400. The van der Waals surface area contributed by atoms with E-state index in [4.69, 9.17) is 42.1 Å². The van der Waals surface area contributed by atoms with E-state index in [9.17, 15) is 47.9 Å². The molecule has 0 fully saturated rings. The van der Waals surface area contributed by atoms with Gasteiger partial charge in [0.25, 0.3) is 23.6 Å². The number of rotatable bonds is 29. The van der Waals surface area contributed by atoms with Crippen molar-refractivity contribution < 1.29 is 66.9 Å². The van der Waals surface area contributed by atoms with E-state index in [1.165, 1.54) is 14.2 Å². The number of alkyl carbamates (subject to hydrolysis) is 2. The van der Waals surface area contributed by atoms with E-state index < -0.39 is 59.8 Å². The minimum Gasteiger partial charge on any atom is -0.467 e. The Balaban J connectivity index is 0.884. The fraction of sp³-hybridized carbons (Fsp3) is 0.324. The molecule has 24 heteroatoms. The molecular formula is C68H72Cl2N8O14. The molecule has 0 aromatic heterocycles. The van der Waals surface area contributed by atoms with Crippen LogP contribution in [0.2, 0.25) is 10.0 Å². The molecule has 0 bridgehead atoms. The Morgan fingerprint density at radius 1 is 0.424 bits per heavy atom. The van der Waals surface area contributed by atoms with E-state index in [-0.39, 0.29) is 138 Å². The zero-order valence-corrected chi connectivity index (χ0v) is 52.5. The van der Waals surface area contributed by atoms with E-state index in [1.54, 1.807) is 107 Å². The monoisotopic (exact) mass is 1290 g/mol. The van der Waals surface area contributed by atoms with Crippen molar-refractivity contribution in [3.05, 3.63) is 210 Å². The van der Waals surface area contributed by atoms with Gasteiger partial charge in [-0.3, -0.25) is 28.8 Å². The predicted octanol–water partition coefficient (Wildman–Crippen LogP) is 8.06. The minimum atomic E-state index is -1.08. The fourth-order valence-corrected chi connectivity index (χ4v) is 10.7. The van der Waals surface area contributed by atoms with Crippen LogP contribution in [-0.4, -0.2) is 122 Å². The van der Waals surface area contributed by atoms with Gasteiger partial charge in [0.05, 0.1) is 36.5 Å². The van der Waals surface area contributed by atoms with Crippen molar-refractivity contribution in [2.45, 2.75) is 103 Å². The molecule has 6 aromatic carbocycles. The third-order valence-electron chi connectivity index (χ3n) is 15.5. The molecule has 0 saturated carbocycles. The summed E-state index contributed by atoms with van der Waals surface area (Å²) in [5.41, 5.74) is 6.10. The maximum Gasteiger partial charge on any atom is 0.408 e. The molecule has 0 saturated heterocycles. The second-order valence-electron chi connectivity index (χ2n) is 22.0. The number of methoxy groups -OCH3 is 2. The Morgan fingerprint density at radius 2 is 0.739 bits per heavy atom. The Labute approximate surface area is 542 Å². The summed E-state index contributed by atoms with van der Waals surface area (Å²) in [5, 5.41) is 17.6. The number of fused-ring (bicyclic) bond motifs is 2. The quantitative estimate of drug-likeness (QED) is 0.0147. The molecule has 0 spiro atoms. The van der Waals surface area contributed by atoms with Crippen LogP contribution in [0.3, 0.4) is 0 Å². The first kappa shape index (κ1) is 68.1. The number of carbonyl (C=O) groups is 10. The standard InChI is InChI=1S/C68H72Cl2N8O14/c1-89-65(85)57(75-67(87)91-41-45-11-5-3-6-12-45)15-9-29-71-61(81)53-33-47-37-77(39-49(47)35-55(53)63(83)73-31-27-43-17-21-51(69)22-18-43)59(79)25-26-60(80)78-38-48-34-54(56(36-50(48)40-78)64(84)74-32-28-44-19-23-52(70)24-20-44)62(82)72-30-10-16-58(66(86)90-2)76-68(88)92-42-46-13-7-4-8-14-46/h3-8,11-14,17-24,33-36,57-58H,9-10,15-16,25-32,37-42H2,1-2H3,(H,71,81)(H,72,82)(H,73,83)(H,74,84)(H,75,87)(H,76,88)/t57-,58-/m0/s1. The van der Waals surface area contributed by atoms with Gasteiger partial charge < -0.3 is 60.6 Å². The van der Waals surface area contributed by atoms with E-state index in [0.717, 1.165) is 22.3 Å². The van der Waals surface area contributed by atoms with E-state index in [0.29, 0.717) is 45.1 Å². The Kier molecular flexibility index (Phi) is 25.1. The maximum atomic E-state index is 14.0. The molecule has 2 aliphatic heterocycles. The number of ether oxygens (including phenoxy) is 4. The SMILES string of the molecule is COC(=O)[C@H](CCCNC(=O)c1cc2c(cc1C(=O)NCCc1ccc(Cl)cc1)CN(C(=O)CCC(=O)N1Cc3cc(C(=O)NCCC[C@H](NC(=O)OCc4ccccc4)C(=O)OC)c(C(=O)NCCc4ccc(Cl)cc4)cc3C1)C2)NC(=O)OCc1ccccc1. The number of nitrogens with one attached hydrogen (secondary N) is 6. The topological polar surface area (TPSA) is 286 Å². The van der Waals surface area contributed by atoms with Crippen molar-refractivity contribution >= 4 is 82.8 Å². The molecule has 92 heavy (non-hydrogen) atoms. The lowest BCUT2D eigenvalue weighted by molar-refractivity contribution is -0.144. The van der Waals surface area contributed by atoms with Crippen molar-refractivity contribution in [2.75, 3.05) is 40.4 Å². The van der Waals surface area contributed by atoms with Gasteiger partial charge in [0, 0.05) is 75.2 Å². The van der Waals surface area contributed by atoms with Crippen LogP contribution in [0.15, 0.2) is 133 Å². The maximum absolute atomic E-state index is 14.0.